The lowest BCUT2D eigenvalue weighted by atomic mass is 9.93. The average molecular weight is 367 g/mol. The second kappa shape index (κ2) is 8.81. The summed E-state index contributed by atoms with van der Waals surface area (Å²) in [5, 5.41) is 3.15. The van der Waals surface area contributed by atoms with E-state index in [1.165, 1.54) is 4.31 Å². The van der Waals surface area contributed by atoms with Crippen molar-refractivity contribution in [3.8, 4) is 0 Å². The molecule has 1 heterocycles. The van der Waals surface area contributed by atoms with E-state index >= 15 is 0 Å². The molecule has 2 rings (SSSR count). The summed E-state index contributed by atoms with van der Waals surface area (Å²) in [6.07, 6.45) is 2.07. The number of sulfonamides is 1. The number of nitrogens with one attached hydrogen (secondary N) is 1. The Morgan fingerprint density at radius 2 is 1.96 bits per heavy atom. The molecule has 0 aliphatic carbocycles. The van der Waals surface area contributed by atoms with Crippen LogP contribution in [-0.4, -0.2) is 37.5 Å². The highest BCUT2D eigenvalue weighted by molar-refractivity contribution is 7.89. The van der Waals surface area contributed by atoms with Crippen LogP contribution in [0.3, 0.4) is 0 Å². The maximum absolute atomic E-state index is 12.8. The Hall–Kier alpha value is -1.40. The van der Waals surface area contributed by atoms with Gasteiger partial charge in [0.05, 0.1) is 17.7 Å². The zero-order valence-electron chi connectivity index (χ0n) is 15.4. The highest BCUT2D eigenvalue weighted by atomic mass is 32.2. The topological polar surface area (TPSA) is 66.5 Å². The Balaban J connectivity index is 2.06. The molecule has 1 aliphatic rings. The first-order chi connectivity index (χ1) is 11.8. The number of piperidine rings is 1. The Kier molecular flexibility index (Phi) is 7.02. The number of carbonyl (C=O) groups excluding carboxylic acids is 1. The molecule has 0 bridgehead atoms. The largest absolute Gasteiger partial charge is 0.349 e. The molecule has 1 aromatic rings. The molecule has 0 aromatic heterocycles. The van der Waals surface area contributed by atoms with Crippen LogP contribution in [0.25, 0.3) is 0 Å². The quantitative estimate of drug-likeness (QED) is 0.807. The molecule has 6 heteroatoms. The van der Waals surface area contributed by atoms with E-state index in [9.17, 15) is 13.2 Å². The fourth-order valence-electron chi connectivity index (χ4n) is 3.36. The predicted molar refractivity (Wildman–Crippen MR) is 101 cm³/mol. The van der Waals surface area contributed by atoms with Gasteiger partial charge in [0.1, 0.15) is 0 Å². The molecule has 0 unspecified atom stereocenters. The molecule has 1 fully saturated rings. The Morgan fingerprint density at radius 3 is 2.56 bits per heavy atom. The first-order valence-corrected chi connectivity index (χ1v) is 10.8. The number of amides is 1. The van der Waals surface area contributed by atoms with E-state index < -0.39 is 10.0 Å². The number of hydrogen-bond donors (Lipinski definition) is 1. The van der Waals surface area contributed by atoms with Crippen molar-refractivity contribution in [2.75, 3.05) is 18.8 Å². The average Bonchev–Trinajstić information content (AvgIpc) is 2.60. The molecule has 1 saturated heterocycles. The van der Waals surface area contributed by atoms with Crippen LogP contribution < -0.4 is 5.32 Å². The summed E-state index contributed by atoms with van der Waals surface area (Å²) in [7, 11) is -3.24. The van der Waals surface area contributed by atoms with Crippen molar-refractivity contribution in [1.82, 2.24) is 9.62 Å². The zero-order chi connectivity index (χ0) is 18.4. The standard InChI is InChI=1S/C19H30N2O3S/c1-4-13-25(23,24)21-12-8-11-17(14-21)19(22)20-18(15(2)3)16-9-6-5-7-10-16/h5-7,9-10,15,17-18H,4,8,11-14H2,1-3H3,(H,20,22)/t17-,18+/m0/s1. The highest BCUT2D eigenvalue weighted by Crippen LogP contribution is 2.25. The van der Waals surface area contributed by atoms with Gasteiger partial charge in [0.25, 0.3) is 0 Å². The van der Waals surface area contributed by atoms with Crippen LogP contribution in [-0.2, 0) is 14.8 Å². The monoisotopic (exact) mass is 366 g/mol. The van der Waals surface area contributed by atoms with E-state index in [0.29, 0.717) is 19.5 Å². The molecule has 0 radical (unpaired) electrons. The molecule has 0 saturated carbocycles. The minimum Gasteiger partial charge on any atom is -0.349 e. The van der Waals surface area contributed by atoms with Gasteiger partial charge in [-0.15, -0.1) is 0 Å². The molecule has 1 aliphatic heterocycles. The smallest absolute Gasteiger partial charge is 0.224 e. The molecule has 25 heavy (non-hydrogen) atoms. The van der Waals surface area contributed by atoms with E-state index in [1.54, 1.807) is 0 Å². The van der Waals surface area contributed by atoms with Crippen LogP contribution in [0.5, 0.6) is 0 Å². The van der Waals surface area contributed by atoms with E-state index in [4.69, 9.17) is 0 Å². The first-order valence-electron chi connectivity index (χ1n) is 9.18. The molecular weight excluding hydrogens is 336 g/mol. The SMILES string of the molecule is CCCS(=O)(=O)N1CCC[C@H](C(=O)N[C@@H](c2ccccc2)C(C)C)C1. The van der Waals surface area contributed by atoms with Gasteiger partial charge < -0.3 is 5.32 Å². The summed E-state index contributed by atoms with van der Waals surface area (Å²) in [5.74, 6) is 0.0964. The number of carbonyl (C=O) groups is 1. The summed E-state index contributed by atoms with van der Waals surface area (Å²) in [4.78, 5) is 12.8. The molecule has 1 N–H and O–H groups in total. The van der Waals surface area contributed by atoms with Gasteiger partial charge in [-0.05, 0) is 30.7 Å². The van der Waals surface area contributed by atoms with Gasteiger partial charge >= 0.3 is 0 Å². The van der Waals surface area contributed by atoms with Crippen molar-refractivity contribution < 1.29 is 13.2 Å². The van der Waals surface area contributed by atoms with Gasteiger partial charge in [-0.1, -0.05) is 51.1 Å². The van der Waals surface area contributed by atoms with Crippen molar-refractivity contribution in [2.45, 2.75) is 46.1 Å². The van der Waals surface area contributed by atoms with Crippen molar-refractivity contribution in [1.29, 1.82) is 0 Å². The molecule has 1 aromatic carbocycles. The number of nitrogens with zero attached hydrogens (tertiary/aromatic N) is 1. The normalized spacial score (nSPS) is 20.4. The molecule has 140 valence electrons. The number of rotatable bonds is 7. The Labute approximate surface area is 151 Å². The van der Waals surface area contributed by atoms with E-state index in [2.05, 4.69) is 19.2 Å². The summed E-state index contributed by atoms with van der Waals surface area (Å²) in [5.41, 5.74) is 1.08. The molecule has 2 atom stereocenters. The lowest BCUT2D eigenvalue weighted by molar-refractivity contribution is -0.127. The third-order valence-corrected chi connectivity index (χ3v) is 6.78. The van der Waals surface area contributed by atoms with Crippen LogP contribution in [0.2, 0.25) is 0 Å². The fraction of sp³-hybridized carbons (Fsp3) is 0.632. The second-order valence-corrected chi connectivity index (χ2v) is 9.24. The molecule has 5 nitrogen and oxygen atoms in total. The maximum Gasteiger partial charge on any atom is 0.224 e. The summed E-state index contributed by atoms with van der Waals surface area (Å²) < 4.78 is 26.1. The first kappa shape index (κ1) is 19.9. The lowest BCUT2D eigenvalue weighted by Crippen LogP contribution is -2.47. The molecule has 1 amide bonds. The van der Waals surface area contributed by atoms with Crippen LogP contribution in [0.1, 0.15) is 51.6 Å². The van der Waals surface area contributed by atoms with Gasteiger partial charge in [0.15, 0.2) is 0 Å². The zero-order valence-corrected chi connectivity index (χ0v) is 16.3. The van der Waals surface area contributed by atoms with Crippen LogP contribution in [0, 0.1) is 11.8 Å². The molecular formula is C19H30N2O3S. The third-order valence-electron chi connectivity index (χ3n) is 4.73. The second-order valence-electron chi connectivity index (χ2n) is 7.15. The van der Waals surface area contributed by atoms with E-state index in [-0.39, 0.29) is 29.5 Å². The van der Waals surface area contributed by atoms with Crippen molar-refractivity contribution >= 4 is 15.9 Å². The van der Waals surface area contributed by atoms with Gasteiger partial charge in [0, 0.05) is 13.1 Å². The lowest BCUT2D eigenvalue weighted by Gasteiger charge is -2.33. The van der Waals surface area contributed by atoms with E-state index in [0.717, 1.165) is 18.4 Å². The van der Waals surface area contributed by atoms with Crippen molar-refractivity contribution in [3.63, 3.8) is 0 Å². The third kappa shape index (κ3) is 5.28. The predicted octanol–water partition coefficient (Wildman–Crippen LogP) is 2.95. The highest BCUT2D eigenvalue weighted by Gasteiger charge is 2.33. The van der Waals surface area contributed by atoms with Crippen LogP contribution in [0.4, 0.5) is 0 Å². The van der Waals surface area contributed by atoms with Crippen molar-refractivity contribution in [3.05, 3.63) is 35.9 Å². The minimum absolute atomic E-state index is 0.0426. The molecule has 0 spiro atoms. The maximum atomic E-state index is 12.8. The van der Waals surface area contributed by atoms with Gasteiger partial charge in [-0.25, -0.2) is 12.7 Å². The number of hydrogen-bond acceptors (Lipinski definition) is 3. The Morgan fingerprint density at radius 1 is 1.28 bits per heavy atom. The summed E-state index contributed by atoms with van der Waals surface area (Å²) in [6, 6.07) is 9.87. The minimum atomic E-state index is -3.24. The van der Waals surface area contributed by atoms with Crippen molar-refractivity contribution in [2.24, 2.45) is 11.8 Å². The van der Waals surface area contributed by atoms with Gasteiger partial charge in [-0.2, -0.15) is 0 Å². The van der Waals surface area contributed by atoms with Crippen LogP contribution in [0.15, 0.2) is 30.3 Å². The summed E-state index contributed by atoms with van der Waals surface area (Å²) in [6.45, 7) is 6.85. The van der Waals surface area contributed by atoms with E-state index in [1.807, 2.05) is 37.3 Å². The van der Waals surface area contributed by atoms with Crippen LogP contribution >= 0.6 is 0 Å². The van der Waals surface area contributed by atoms with Gasteiger partial charge in [0.2, 0.25) is 15.9 Å². The number of benzene rings is 1. The van der Waals surface area contributed by atoms with Gasteiger partial charge in [-0.3, -0.25) is 4.79 Å². The fourth-order valence-corrected chi connectivity index (χ4v) is 4.95. The summed E-state index contributed by atoms with van der Waals surface area (Å²) >= 11 is 0. The Bertz CT molecular complexity index is 659.